The quantitative estimate of drug-likeness (QED) is 0.657. The second-order valence-electron chi connectivity index (χ2n) is 4.02. The van der Waals surface area contributed by atoms with Crippen LogP contribution in [0.5, 0.6) is 0 Å². The van der Waals surface area contributed by atoms with Crippen LogP contribution in [-0.4, -0.2) is 44.6 Å². The predicted molar refractivity (Wildman–Crippen MR) is 70.4 cm³/mol. The maximum absolute atomic E-state index is 10.8. The lowest BCUT2D eigenvalue weighted by molar-refractivity contribution is 0.0336. The van der Waals surface area contributed by atoms with Crippen LogP contribution in [0, 0.1) is 0 Å². The third kappa shape index (κ3) is 6.91. The molecule has 1 aromatic carbocycles. The van der Waals surface area contributed by atoms with Gasteiger partial charge in [0.2, 0.25) is 0 Å². The Labute approximate surface area is 113 Å². The smallest absolute Gasteiger partial charge is 0.335 e. The van der Waals surface area contributed by atoms with Crippen LogP contribution in [0.3, 0.4) is 0 Å². The first kappa shape index (κ1) is 15.6. The molecule has 0 radical (unpaired) electrons. The van der Waals surface area contributed by atoms with Crippen LogP contribution in [0.25, 0.3) is 0 Å². The van der Waals surface area contributed by atoms with Gasteiger partial charge in [0.25, 0.3) is 0 Å². The highest BCUT2D eigenvalue weighted by molar-refractivity contribution is 5.87. The van der Waals surface area contributed by atoms with Crippen LogP contribution in [0.15, 0.2) is 24.3 Å². The molecule has 0 aliphatic carbocycles. The number of carboxylic acid groups (broad SMARTS) is 1. The van der Waals surface area contributed by atoms with Gasteiger partial charge in [-0.05, 0) is 24.1 Å². The molecule has 0 aliphatic rings. The van der Waals surface area contributed by atoms with E-state index in [1.165, 1.54) is 0 Å². The molecule has 0 heterocycles. The normalized spacial score (nSPS) is 10.6. The zero-order valence-corrected chi connectivity index (χ0v) is 11.1. The van der Waals surface area contributed by atoms with E-state index in [1.807, 2.05) is 6.07 Å². The number of hydrogen-bond donors (Lipinski definition) is 1. The molecule has 0 fully saturated rings. The zero-order chi connectivity index (χ0) is 13.9. The van der Waals surface area contributed by atoms with Crippen molar-refractivity contribution in [2.45, 2.75) is 13.0 Å². The van der Waals surface area contributed by atoms with Gasteiger partial charge in [-0.3, -0.25) is 0 Å². The molecule has 5 heteroatoms. The van der Waals surface area contributed by atoms with Gasteiger partial charge in [0.15, 0.2) is 0 Å². The van der Waals surface area contributed by atoms with E-state index in [0.29, 0.717) is 33.0 Å². The standard InChI is InChI=1S/C14H20O5/c1-17-6-3-7-18-8-9-19-11-12-4-2-5-13(10-12)14(15)16/h2,4-5,10H,3,6-9,11H2,1H3,(H,15,16). The van der Waals surface area contributed by atoms with Gasteiger partial charge in [-0.15, -0.1) is 0 Å². The van der Waals surface area contributed by atoms with Crippen molar-refractivity contribution in [3.05, 3.63) is 35.4 Å². The summed E-state index contributed by atoms with van der Waals surface area (Å²) in [5, 5.41) is 8.85. The highest BCUT2D eigenvalue weighted by atomic mass is 16.5. The summed E-state index contributed by atoms with van der Waals surface area (Å²) in [6.45, 7) is 2.77. The Hall–Kier alpha value is -1.43. The highest BCUT2D eigenvalue weighted by Crippen LogP contribution is 2.06. The van der Waals surface area contributed by atoms with Gasteiger partial charge in [-0.25, -0.2) is 4.79 Å². The van der Waals surface area contributed by atoms with E-state index in [9.17, 15) is 4.79 Å². The number of hydrogen-bond acceptors (Lipinski definition) is 4. The first-order chi connectivity index (χ1) is 9.24. The van der Waals surface area contributed by atoms with Gasteiger partial charge >= 0.3 is 5.97 Å². The molecule has 1 rings (SSSR count). The number of benzene rings is 1. The Morgan fingerprint density at radius 1 is 1.16 bits per heavy atom. The van der Waals surface area contributed by atoms with Crippen molar-refractivity contribution in [3.8, 4) is 0 Å². The molecule has 0 saturated heterocycles. The summed E-state index contributed by atoms with van der Waals surface area (Å²) < 4.78 is 15.6. The zero-order valence-electron chi connectivity index (χ0n) is 11.1. The number of carboxylic acids is 1. The van der Waals surface area contributed by atoms with Gasteiger partial charge in [0, 0.05) is 20.3 Å². The molecule has 0 unspecified atom stereocenters. The van der Waals surface area contributed by atoms with Gasteiger partial charge < -0.3 is 19.3 Å². The van der Waals surface area contributed by atoms with Crippen molar-refractivity contribution >= 4 is 5.97 Å². The van der Waals surface area contributed by atoms with Crippen molar-refractivity contribution in [3.63, 3.8) is 0 Å². The number of methoxy groups -OCH3 is 1. The monoisotopic (exact) mass is 268 g/mol. The first-order valence-electron chi connectivity index (χ1n) is 6.20. The number of ether oxygens (including phenoxy) is 3. The number of aromatic carboxylic acids is 1. The average Bonchev–Trinajstić information content (AvgIpc) is 2.42. The molecular weight excluding hydrogens is 248 g/mol. The SMILES string of the molecule is COCCCOCCOCc1cccc(C(=O)O)c1. The first-order valence-corrected chi connectivity index (χ1v) is 6.20. The molecule has 0 bridgehead atoms. The maximum atomic E-state index is 10.8. The lowest BCUT2D eigenvalue weighted by atomic mass is 10.1. The van der Waals surface area contributed by atoms with Crippen molar-refractivity contribution in [1.82, 2.24) is 0 Å². The second kappa shape index (κ2) is 9.49. The minimum Gasteiger partial charge on any atom is -0.478 e. The Balaban J connectivity index is 2.12. The molecule has 0 saturated carbocycles. The Bertz CT molecular complexity index is 378. The van der Waals surface area contributed by atoms with Gasteiger partial charge in [-0.2, -0.15) is 0 Å². The molecule has 19 heavy (non-hydrogen) atoms. The fourth-order valence-corrected chi connectivity index (χ4v) is 1.51. The van der Waals surface area contributed by atoms with E-state index in [0.717, 1.165) is 12.0 Å². The molecule has 0 atom stereocenters. The maximum Gasteiger partial charge on any atom is 0.335 e. The van der Waals surface area contributed by atoms with E-state index < -0.39 is 5.97 Å². The fourth-order valence-electron chi connectivity index (χ4n) is 1.51. The molecule has 5 nitrogen and oxygen atoms in total. The Morgan fingerprint density at radius 2 is 1.95 bits per heavy atom. The van der Waals surface area contributed by atoms with Crippen molar-refractivity contribution in [2.75, 3.05) is 33.5 Å². The topological polar surface area (TPSA) is 65.0 Å². The minimum absolute atomic E-state index is 0.275. The van der Waals surface area contributed by atoms with E-state index in [-0.39, 0.29) is 5.56 Å². The van der Waals surface area contributed by atoms with Crippen LogP contribution < -0.4 is 0 Å². The number of rotatable bonds is 10. The van der Waals surface area contributed by atoms with Crippen LogP contribution in [0.4, 0.5) is 0 Å². The summed E-state index contributed by atoms with van der Waals surface area (Å²) in [6, 6.07) is 6.72. The van der Waals surface area contributed by atoms with Crippen LogP contribution in [0.2, 0.25) is 0 Å². The third-order valence-electron chi connectivity index (χ3n) is 2.45. The molecule has 0 aromatic heterocycles. The van der Waals surface area contributed by atoms with Crippen molar-refractivity contribution in [1.29, 1.82) is 0 Å². The van der Waals surface area contributed by atoms with Gasteiger partial charge in [-0.1, -0.05) is 12.1 Å². The molecule has 0 amide bonds. The Kier molecular flexibility index (Phi) is 7.81. The van der Waals surface area contributed by atoms with Crippen LogP contribution >= 0.6 is 0 Å². The largest absolute Gasteiger partial charge is 0.478 e. The lowest BCUT2D eigenvalue weighted by Gasteiger charge is -2.06. The van der Waals surface area contributed by atoms with E-state index in [2.05, 4.69) is 0 Å². The second-order valence-corrected chi connectivity index (χ2v) is 4.02. The van der Waals surface area contributed by atoms with E-state index in [1.54, 1.807) is 25.3 Å². The summed E-state index contributed by atoms with van der Waals surface area (Å²) in [7, 11) is 1.66. The highest BCUT2D eigenvalue weighted by Gasteiger charge is 2.02. The third-order valence-corrected chi connectivity index (χ3v) is 2.45. The summed E-state index contributed by atoms with van der Waals surface area (Å²) in [5.41, 5.74) is 1.12. The van der Waals surface area contributed by atoms with Crippen molar-refractivity contribution in [2.24, 2.45) is 0 Å². The fraction of sp³-hybridized carbons (Fsp3) is 0.500. The summed E-state index contributed by atoms with van der Waals surface area (Å²) in [6.07, 6.45) is 0.872. The molecule has 1 aromatic rings. The molecular formula is C14H20O5. The molecule has 1 N–H and O–H groups in total. The number of carbonyl (C=O) groups is 1. The average molecular weight is 268 g/mol. The summed E-state index contributed by atoms with van der Waals surface area (Å²) >= 11 is 0. The minimum atomic E-state index is -0.927. The van der Waals surface area contributed by atoms with Crippen LogP contribution in [0.1, 0.15) is 22.3 Å². The van der Waals surface area contributed by atoms with Gasteiger partial charge in [0.1, 0.15) is 0 Å². The molecule has 106 valence electrons. The molecule has 0 spiro atoms. The lowest BCUT2D eigenvalue weighted by Crippen LogP contribution is -2.07. The summed E-state index contributed by atoms with van der Waals surface area (Å²) in [4.78, 5) is 10.8. The van der Waals surface area contributed by atoms with E-state index >= 15 is 0 Å². The summed E-state index contributed by atoms with van der Waals surface area (Å²) in [5.74, 6) is -0.927. The predicted octanol–water partition coefficient (Wildman–Crippen LogP) is 1.95. The Morgan fingerprint density at radius 3 is 2.68 bits per heavy atom. The van der Waals surface area contributed by atoms with Crippen molar-refractivity contribution < 1.29 is 24.1 Å². The molecule has 0 aliphatic heterocycles. The van der Waals surface area contributed by atoms with Gasteiger partial charge in [0.05, 0.1) is 25.4 Å². The van der Waals surface area contributed by atoms with E-state index in [4.69, 9.17) is 19.3 Å². The van der Waals surface area contributed by atoms with Crippen LogP contribution in [-0.2, 0) is 20.8 Å².